The lowest BCUT2D eigenvalue weighted by Gasteiger charge is -2.06. The summed E-state index contributed by atoms with van der Waals surface area (Å²) in [6, 6.07) is 12.0. The molecular formula is C16H17N3. The van der Waals surface area contributed by atoms with Crippen LogP contribution >= 0.6 is 0 Å². The van der Waals surface area contributed by atoms with Crippen molar-refractivity contribution >= 4 is 16.7 Å². The Morgan fingerprint density at radius 2 is 1.68 bits per heavy atom. The van der Waals surface area contributed by atoms with Crippen molar-refractivity contribution in [1.29, 1.82) is 0 Å². The molecule has 3 nitrogen and oxygen atoms in total. The first-order valence-corrected chi connectivity index (χ1v) is 6.36. The molecule has 0 atom stereocenters. The molecule has 0 spiro atoms. The second kappa shape index (κ2) is 4.12. The number of hydrogen-bond donors (Lipinski definition) is 1. The highest BCUT2D eigenvalue weighted by atomic mass is 15.1. The lowest BCUT2D eigenvalue weighted by atomic mass is 10.1. The third-order valence-corrected chi connectivity index (χ3v) is 3.73. The zero-order valence-electron chi connectivity index (χ0n) is 11.4. The van der Waals surface area contributed by atoms with Crippen LogP contribution in [0.2, 0.25) is 0 Å². The zero-order chi connectivity index (χ0) is 13.6. The van der Waals surface area contributed by atoms with Crippen LogP contribution in [-0.4, -0.2) is 9.55 Å². The van der Waals surface area contributed by atoms with Crippen LogP contribution in [0.25, 0.3) is 22.4 Å². The molecule has 0 saturated heterocycles. The largest absolute Gasteiger partial charge is 0.399 e. The molecule has 3 aromatic rings. The SMILES string of the molecule is Cc1ccc2nc(-c3ccc(N)cc3)n(C)c2c1C. The molecule has 3 rings (SSSR count). The maximum Gasteiger partial charge on any atom is 0.140 e. The Bertz CT molecular complexity index is 752. The average molecular weight is 251 g/mol. The number of anilines is 1. The molecule has 3 heteroatoms. The van der Waals surface area contributed by atoms with Crippen LogP contribution in [-0.2, 0) is 7.05 Å². The molecule has 0 aliphatic rings. The van der Waals surface area contributed by atoms with Crippen molar-refractivity contribution in [2.45, 2.75) is 13.8 Å². The first kappa shape index (κ1) is 11.8. The normalized spacial score (nSPS) is 11.1. The van der Waals surface area contributed by atoms with Crippen molar-refractivity contribution in [3.05, 3.63) is 47.5 Å². The van der Waals surface area contributed by atoms with Gasteiger partial charge in [-0.15, -0.1) is 0 Å². The first-order valence-electron chi connectivity index (χ1n) is 6.36. The molecule has 0 fully saturated rings. The summed E-state index contributed by atoms with van der Waals surface area (Å²) in [6.07, 6.45) is 0. The summed E-state index contributed by atoms with van der Waals surface area (Å²) >= 11 is 0. The highest BCUT2D eigenvalue weighted by Crippen LogP contribution is 2.27. The Kier molecular flexibility index (Phi) is 2.56. The van der Waals surface area contributed by atoms with Crippen molar-refractivity contribution in [3.8, 4) is 11.4 Å². The molecule has 0 bridgehead atoms. The number of benzene rings is 2. The van der Waals surface area contributed by atoms with Crippen LogP contribution in [0.5, 0.6) is 0 Å². The van der Waals surface area contributed by atoms with Crippen molar-refractivity contribution < 1.29 is 0 Å². The molecule has 0 aliphatic heterocycles. The number of hydrogen-bond acceptors (Lipinski definition) is 2. The van der Waals surface area contributed by atoms with Gasteiger partial charge in [-0.3, -0.25) is 0 Å². The van der Waals surface area contributed by atoms with E-state index in [4.69, 9.17) is 10.7 Å². The van der Waals surface area contributed by atoms with Crippen LogP contribution in [0.4, 0.5) is 5.69 Å². The first-order chi connectivity index (χ1) is 9.08. The monoisotopic (exact) mass is 251 g/mol. The standard InChI is InChI=1S/C16H17N3/c1-10-4-9-14-15(11(10)2)19(3)16(18-14)12-5-7-13(17)8-6-12/h4-9H,17H2,1-3H3. The molecule has 96 valence electrons. The molecule has 0 unspecified atom stereocenters. The van der Waals surface area contributed by atoms with Gasteiger partial charge < -0.3 is 10.3 Å². The zero-order valence-corrected chi connectivity index (χ0v) is 11.4. The second-order valence-corrected chi connectivity index (χ2v) is 4.99. The highest BCUT2D eigenvalue weighted by molar-refractivity contribution is 5.84. The smallest absolute Gasteiger partial charge is 0.140 e. The van der Waals surface area contributed by atoms with Gasteiger partial charge in [0, 0.05) is 18.3 Å². The lowest BCUT2D eigenvalue weighted by molar-refractivity contribution is 0.954. The Hall–Kier alpha value is -2.29. The summed E-state index contributed by atoms with van der Waals surface area (Å²) in [4.78, 5) is 4.74. The Morgan fingerprint density at radius 1 is 1.00 bits per heavy atom. The average Bonchev–Trinajstić information content (AvgIpc) is 2.73. The molecule has 19 heavy (non-hydrogen) atoms. The minimum Gasteiger partial charge on any atom is -0.399 e. The highest BCUT2D eigenvalue weighted by Gasteiger charge is 2.12. The molecule has 1 aromatic heterocycles. The number of nitrogens with zero attached hydrogens (tertiary/aromatic N) is 2. The minimum absolute atomic E-state index is 0.773. The van der Waals surface area contributed by atoms with E-state index in [0.29, 0.717) is 0 Å². The van der Waals surface area contributed by atoms with E-state index in [1.165, 1.54) is 16.6 Å². The number of fused-ring (bicyclic) bond motifs is 1. The number of nitrogens with two attached hydrogens (primary N) is 1. The van der Waals surface area contributed by atoms with E-state index in [1.54, 1.807) is 0 Å². The summed E-state index contributed by atoms with van der Waals surface area (Å²) in [5, 5.41) is 0. The van der Waals surface area contributed by atoms with Crippen LogP contribution in [0, 0.1) is 13.8 Å². The van der Waals surface area contributed by atoms with E-state index < -0.39 is 0 Å². The van der Waals surface area contributed by atoms with Crippen LogP contribution in [0.3, 0.4) is 0 Å². The number of aromatic nitrogens is 2. The van der Waals surface area contributed by atoms with Crippen LogP contribution < -0.4 is 5.73 Å². The Labute approximate surface area is 112 Å². The van der Waals surface area contributed by atoms with E-state index in [2.05, 4.69) is 37.6 Å². The van der Waals surface area contributed by atoms with Crippen molar-refractivity contribution in [3.63, 3.8) is 0 Å². The minimum atomic E-state index is 0.773. The van der Waals surface area contributed by atoms with Gasteiger partial charge in [-0.05, 0) is 55.3 Å². The summed E-state index contributed by atoms with van der Waals surface area (Å²) in [5.41, 5.74) is 12.4. The van der Waals surface area contributed by atoms with Gasteiger partial charge in [0.15, 0.2) is 0 Å². The number of nitrogen functional groups attached to an aromatic ring is 1. The van der Waals surface area contributed by atoms with Gasteiger partial charge >= 0.3 is 0 Å². The molecule has 1 heterocycles. The summed E-state index contributed by atoms with van der Waals surface area (Å²) < 4.78 is 2.16. The van der Waals surface area contributed by atoms with Crippen molar-refractivity contribution in [2.24, 2.45) is 7.05 Å². The third kappa shape index (κ3) is 1.78. The fourth-order valence-corrected chi connectivity index (χ4v) is 2.49. The van der Waals surface area contributed by atoms with Gasteiger partial charge in [0.25, 0.3) is 0 Å². The summed E-state index contributed by atoms with van der Waals surface area (Å²) in [5.74, 6) is 0.976. The molecular weight excluding hydrogens is 234 g/mol. The molecule has 0 radical (unpaired) electrons. The van der Waals surface area contributed by atoms with Gasteiger partial charge in [-0.25, -0.2) is 4.98 Å². The molecule has 0 amide bonds. The van der Waals surface area contributed by atoms with Gasteiger partial charge in [0.05, 0.1) is 11.0 Å². The van der Waals surface area contributed by atoms with Crippen LogP contribution in [0.1, 0.15) is 11.1 Å². The molecule has 0 saturated carbocycles. The van der Waals surface area contributed by atoms with E-state index in [0.717, 1.165) is 22.6 Å². The summed E-state index contributed by atoms with van der Waals surface area (Å²) in [7, 11) is 2.06. The van der Waals surface area contributed by atoms with Gasteiger partial charge in [0.1, 0.15) is 5.82 Å². The second-order valence-electron chi connectivity index (χ2n) is 4.99. The molecule has 2 aromatic carbocycles. The molecule has 0 aliphatic carbocycles. The van der Waals surface area contributed by atoms with Gasteiger partial charge in [-0.2, -0.15) is 0 Å². The van der Waals surface area contributed by atoms with Gasteiger partial charge in [0.2, 0.25) is 0 Å². The van der Waals surface area contributed by atoms with E-state index in [-0.39, 0.29) is 0 Å². The Morgan fingerprint density at radius 3 is 2.37 bits per heavy atom. The van der Waals surface area contributed by atoms with E-state index in [1.807, 2.05) is 24.3 Å². The summed E-state index contributed by atoms with van der Waals surface area (Å²) in [6.45, 7) is 4.27. The number of aryl methyl sites for hydroxylation is 3. The fourth-order valence-electron chi connectivity index (χ4n) is 2.49. The quantitative estimate of drug-likeness (QED) is 0.673. The predicted molar refractivity (Wildman–Crippen MR) is 80.0 cm³/mol. The topological polar surface area (TPSA) is 43.8 Å². The fraction of sp³-hybridized carbons (Fsp3) is 0.188. The van der Waals surface area contributed by atoms with Crippen LogP contribution in [0.15, 0.2) is 36.4 Å². The Balaban J connectivity index is 2.28. The lowest BCUT2D eigenvalue weighted by Crippen LogP contribution is -1.95. The van der Waals surface area contributed by atoms with E-state index >= 15 is 0 Å². The van der Waals surface area contributed by atoms with Gasteiger partial charge in [-0.1, -0.05) is 6.07 Å². The molecule has 2 N–H and O–H groups in total. The number of rotatable bonds is 1. The van der Waals surface area contributed by atoms with E-state index in [9.17, 15) is 0 Å². The third-order valence-electron chi connectivity index (χ3n) is 3.73. The maximum atomic E-state index is 5.73. The van der Waals surface area contributed by atoms with Crippen molar-refractivity contribution in [1.82, 2.24) is 9.55 Å². The number of imidazole rings is 1. The maximum absolute atomic E-state index is 5.73. The predicted octanol–water partition coefficient (Wildman–Crippen LogP) is 3.44. The van der Waals surface area contributed by atoms with Crippen molar-refractivity contribution in [2.75, 3.05) is 5.73 Å².